The summed E-state index contributed by atoms with van der Waals surface area (Å²) < 4.78 is 0. The van der Waals surface area contributed by atoms with Gasteiger partial charge in [-0.3, -0.25) is 14.5 Å². The van der Waals surface area contributed by atoms with Crippen molar-refractivity contribution in [2.24, 2.45) is 23.5 Å². The number of piperazine rings is 1. The summed E-state index contributed by atoms with van der Waals surface area (Å²) in [5, 5.41) is 14.1. The number of nitrogens with two attached hydrogens (primary N) is 1. The molecule has 168 valence electrons. The minimum absolute atomic E-state index is 0.105. The second-order valence-electron chi connectivity index (χ2n) is 10.1. The second-order valence-corrected chi connectivity index (χ2v) is 10.1. The Hall–Kier alpha value is -2.19. The van der Waals surface area contributed by atoms with Gasteiger partial charge in [-0.2, -0.15) is 0 Å². The Kier molecular flexibility index (Phi) is 5.38. The highest BCUT2D eigenvalue weighted by atomic mass is 16.3. The van der Waals surface area contributed by atoms with E-state index >= 15 is 0 Å². The van der Waals surface area contributed by atoms with Crippen LogP contribution in [0.15, 0.2) is 18.2 Å². The lowest BCUT2D eigenvalue weighted by Gasteiger charge is -2.58. The molecule has 1 aromatic heterocycles. The van der Waals surface area contributed by atoms with Crippen LogP contribution < -0.4 is 16.0 Å². The van der Waals surface area contributed by atoms with Crippen LogP contribution in [0, 0.1) is 17.8 Å². The van der Waals surface area contributed by atoms with Gasteiger partial charge in [-0.25, -0.2) is 4.98 Å². The maximum absolute atomic E-state index is 13.0. The van der Waals surface area contributed by atoms with Crippen molar-refractivity contribution in [2.45, 2.75) is 50.2 Å². The third-order valence-electron chi connectivity index (χ3n) is 7.88. The van der Waals surface area contributed by atoms with Crippen molar-refractivity contribution in [1.29, 1.82) is 0 Å². The van der Waals surface area contributed by atoms with E-state index in [1.54, 1.807) is 6.07 Å². The number of nitrogens with zero attached hydrogens (tertiary/aromatic N) is 3. The van der Waals surface area contributed by atoms with E-state index in [9.17, 15) is 14.7 Å². The highest BCUT2D eigenvalue weighted by Crippen LogP contribution is 2.55. The molecule has 0 aromatic carbocycles. The molecule has 2 heterocycles. The predicted molar refractivity (Wildman–Crippen MR) is 116 cm³/mol. The van der Waals surface area contributed by atoms with Gasteiger partial charge in [-0.1, -0.05) is 6.07 Å². The topological polar surface area (TPSA) is 112 Å². The number of aliphatic hydroxyl groups is 1. The summed E-state index contributed by atoms with van der Waals surface area (Å²) in [5.74, 6) is 1.84. The third-order valence-corrected chi connectivity index (χ3v) is 7.88. The molecule has 0 spiro atoms. The van der Waals surface area contributed by atoms with Crippen LogP contribution in [-0.4, -0.2) is 71.2 Å². The van der Waals surface area contributed by atoms with Gasteiger partial charge in [0.2, 0.25) is 5.91 Å². The molecule has 8 heteroatoms. The fourth-order valence-corrected chi connectivity index (χ4v) is 6.64. The first-order valence-electron chi connectivity index (χ1n) is 11.6. The molecule has 4 bridgehead atoms. The number of carbonyl (C=O) groups is 2. The number of carbonyl (C=O) groups excluding carboxylic acids is 2. The molecule has 1 aromatic rings. The van der Waals surface area contributed by atoms with Gasteiger partial charge in [0, 0.05) is 45.2 Å². The van der Waals surface area contributed by atoms with Crippen LogP contribution >= 0.6 is 0 Å². The van der Waals surface area contributed by atoms with E-state index in [-0.39, 0.29) is 17.9 Å². The van der Waals surface area contributed by atoms with E-state index in [1.807, 2.05) is 12.1 Å². The minimum Gasteiger partial charge on any atom is -0.390 e. The first-order valence-corrected chi connectivity index (χ1v) is 11.6. The van der Waals surface area contributed by atoms with Crippen molar-refractivity contribution in [3.8, 4) is 0 Å². The van der Waals surface area contributed by atoms with E-state index in [2.05, 4.69) is 20.1 Å². The minimum atomic E-state index is -0.491. The molecule has 31 heavy (non-hydrogen) atoms. The fourth-order valence-electron chi connectivity index (χ4n) is 6.64. The lowest BCUT2D eigenvalue weighted by atomic mass is 9.52. The number of anilines is 1. The summed E-state index contributed by atoms with van der Waals surface area (Å²) in [4.78, 5) is 33.1. The molecule has 8 nitrogen and oxygen atoms in total. The smallest absolute Gasteiger partial charge is 0.270 e. The van der Waals surface area contributed by atoms with Gasteiger partial charge in [0.1, 0.15) is 11.5 Å². The molecule has 4 saturated carbocycles. The number of rotatable bonds is 6. The summed E-state index contributed by atoms with van der Waals surface area (Å²) in [6, 6.07) is 5.79. The first-order chi connectivity index (χ1) is 14.9. The fraction of sp³-hybridized carbons (Fsp3) is 0.696. The highest BCUT2D eigenvalue weighted by Gasteiger charge is 2.55. The summed E-state index contributed by atoms with van der Waals surface area (Å²) in [7, 11) is 0. The molecule has 6 rings (SSSR count). The van der Waals surface area contributed by atoms with Crippen LogP contribution in [0.25, 0.3) is 0 Å². The molecule has 4 aliphatic carbocycles. The van der Waals surface area contributed by atoms with Crippen LogP contribution in [0.2, 0.25) is 0 Å². The van der Waals surface area contributed by atoms with Crippen LogP contribution in [0.5, 0.6) is 0 Å². The Morgan fingerprint density at radius 3 is 2.48 bits per heavy atom. The number of primary amides is 1. The third kappa shape index (κ3) is 4.28. The Balaban J connectivity index is 1.20. The predicted octanol–water partition coefficient (Wildman–Crippen LogP) is 0.748. The Bertz CT molecular complexity index is 837. The molecule has 4 N–H and O–H groups in total. The maximum atomic E-state index is 13.0. The SMILES string of the molecule is NC(=O)CCN1CCN(c2cccc(C(=O)NC3C4CC5CC3CC(O)(C5)C4)n2)CC1. The highest BCUT2D eigenvalue weighted by molar-refractivity contribution is 5.93. The molecule has 2 atom stereocenters. The van der Waals surface area contributed by atoms with Crippen molar-refractivity contribution in [2.75, 3.05) is 37.6 Å². The number of hydrogen-bond acceptors (Lipinski definition) is 6. The van der Waals surface area contributed by atoms with Gasteiger partial charge in [0.15, 0.2) is 0 Å². The summed E-state index contributed by atoms with van der Waals surface area (Å²) >= 11 is 0. The molecule has 0 radical (unpaired) electrons. The van der Waals surface area contributed by atoms with Gasteiger partial charge in [0.25, 0.3) is 5.91 Å². The van der Waals surface area contributed by atoms with Gasteiger partial charge in [-0.15, -0.1) is 0 Å². The van der Waals surface area contributed by atoms with Gasteiger partial charge < -0.3 is 21.1 Å². The average molecular weight is 428 g/mol. The Morgan fingerprint density at radius 1 is 1.13 bits per heavy atom. The lowest BCUT2D eigenvalue weighted by molar-refractivity contribution is -0.137. The number of nitrogens with one attached hydrogen (secondary N) is 1. The molecule has 2 amide bonds. The Labute approximate surface area is 183 Å². The summed E-state index contributed by atoms with van der Waals surface area (Å²) in [6.45, 7) is 4.01. The average Bonchev–Trinajstić information content (AvgIpc) is 2.74. The van der Waals surface area contributed by atoms with Crippen molar-refractivity contribution in [3.63, 3.8) is 0 Å². The second kappa shape index (κ2) is 8.06. The molecule has 1 aliphatic heterocycles. The molecule has 5 aliphatic rings. The quantitative estimate of drug-likeness (QED) is 0.618. The van der Waals surface area contributed by atoms with Crippen molar-refractivity contribution >= 4 is 17.6 Å². The van der Waals surface area contributed by atoms with Crippen LogP contribution in [0.1, 0.15) is 49.0 Å². The van der Waals surface area contributed by atoms with Crippen molar-refractivity contribution in [1.82, 2.24) is 15.2 Å². The zero-order valence-corrected chi connectivity index (χ0v) is 18.0. The number of pyridine rings is 1. The van der Waals surface area contributed by atoms with Gasteiger partial charge >= 0.3 is 0 Å². The summed E-state index contributed by atoms with van der Waals surface area (Å²) in [5.41, 5.74) is 5.22. The van der Waals surface area contributed by atoms with E-state index in [1.165, 1.54) is 0 Å². The first kappa shape index (κ1) is 20.7. The zero-order valence-electron chi connectivity index (χ0n) is 18.0. The lowest BCUT2D eigenvalue weighted by Crippen LogP contribution is -2.61. The molecular weight excluding hydrogens is 394 g/mol. The normalized spacial score (nSPS) is 34.7. The van der Waals surface area contributed by atoms with E-state index in [0.29, 0.717) is 36.4 Å². The van der Waals surface area contributed by atoms with Crippen LogP contribution in [0.3, 0.4) is 0 Å². The van der Waals surface area contributed by atoms with Gasteiger partial charge in [-0.05, 0) is 62.0 Å². The van der Waals surface area contributed by atoms with Gasteiger partial charge in [0.05, 0.1) is 5.60 Å². The van der Waals surface area contributed by atoms with E-state index < -0.39 is 5.60 Å². The number of hydrogen-bond donors (Lipinski definition) is 3. The molecule has 2 unspecified atom stereocenters. The largest absolute Gasteiger partial charge is 0.390 e. The van der Waals surface area contributed by atoms with Crippen LogP contribution in [-0.2, 0) is 4.79 Å². The zero-order chi connectivity index (χ0) is 21.6. The number of amides is 2. The standard InChI is InChI=1S/C23H33N5O3/c24-19(29)4-5-27-6-8-28(9-7-27)20-3-1-2-18(25-20)22(30)26-21-16-10-15-11-17(21)14-23(31,12-15)13-16/h1-3,15-17,21,31H,4-14H2,(H2,24,29)(H,26,30). The van der Waals surface area contributed by atoms with E-state index in [4.69, 9.17) is 5.73 Å². The molecular formula is C23H33N5O3. The monoisotopic (exact) mass is 427 g/mol. The number of aromatic nitrogens is 1. The van der Waals surface area contributed by atoms with Crippen LogP contribution in [0.4, 0.5) is 5.82 Å². The maximum Gasteiger partial charge on any atom is 0.270 e. The molecule has 5 fully saturated rings. The van der Waals surface area contributed by atoms with Crippen molar-refractivity contribution < 1.29 is 14.7 Å². The van der Waals surface area contributed by atoms with Crippen molar-refractivity contribution in [3.05, 3.63) is 23.9 Å². The summed E-state index contributed by atoms with van der Waals surface area (Å²) in [6.07, 6.45) is 5.21. The Morgan fingerprint density at radius 2 is 1.84 bits per heavy atom. The van der Waals surface area contributed by atoms with E-state index in [0.717, 1.165) is 64.1 Å². The molecule has 1 saturated heterocycles.